The van der Waals surface area contributed by atoms with Crippen LogP contribution in [0.1, 0.15) is 83.9 Å². The van der Waals surface area contributed by atoms with Gasteiger partial charge in [0.05, 0.1) is 17.6 Å². The van der Waals surface area contributed by atoms with Crippen LogP contribution in [0.25, 0.3) is 11.0 Å². The van der Waals surface area contributed by atoms with Crippen molar-refractivity contribution in [2.24, 2.45) is 0 Å². The van der Waals surface area contributed by atoms with Gasteiger partial charge in [-0.05, 0) is 18.6 Å². The third kappa shape index (κ3) is 6.81. The SMILES string of the molecule is CCCCCCCCCCCCn1c(CNC(C)=O)nc2ccccc21. The molecule has 2 rings (SSSR count). The average Bonchev–Trinajstić information content (AvgIpc) is 2.99. The zero-order valence-electron chi connectivity index (χ0n) is 16.6. The first-order valence-electron chi connectivity index (χ1n) is 10.4. The number of unbranched alkanes of at least 4 members (excludes halogenated alkanes) is 9. The molecule has 0 bridgehead atoms. The Morgan fingerprint density at radius 1 is 0.962 bits per heavy atom. The second-order valence-electron chi connectivity index (χ2n) is 7.26. The minimum absolute atomic E-state index is 0.0115. The van der Waals surface area contributed by atoms with Crippen LogP contribution in [0.2, 0.25) is 0 Å². The first-order chi connectivity index (χ1) is 12.7. The van der Waals surface area contributed by atoms with E-state index in [2.05, 4.69) is 28.9 Å². The van der Waals surface area contributed by atoms with E-state index in [9.17, 15) is 4.79 Å². The molecule has 2 aromatic rings. The van der Waals surface area contributed by atoms with Crippen molar-refractivity contribution < 1.29 is 4.79 Å². The highest BCUT2D eigenvalue weighted by atomic mass is 16.1. The van der Waals surface area contributed by atoms with E-state index >= 15 is 0 Å². The van der Waals surface area contributed by atoms with Crippen LogP contribution in [0.4, 0.5) is 0 Å². The monoisotopic (exact) mass is 357 g/mol. The lowest BCUT2D eigenvalue weighted by Crippen LogP contribution is -2.21. The topological polar surface area (TPSA) is 46.9 Å². The van der Waals surface area contributed by atoms with Gasteiger partial charge in [0.1, 0.15) is 5.82 Å². The molecule has 0 aliphatic heterocycles. The lowest BCUT2D eigenvalue weighted by atomic mass is 10.1. The van der Waals surface area contributed by atoms with Crippen molar-refractivity contribution in [1.82, 2.24) is 14.9 Å². The van der Waals surface area contributed by atoms with Crippen molar-refractivity contribution in [1.29, 1.82) is 0 Å². The van der Waals surface area contributed by atoms with Gasteiger partial charge in [0, 0.05) is 13.5 Å². The van der Waals surface area contributed by atoms with Gasteiger partial charge in [-0.25, -0.2) is 4.98 Å². The molecule has 26 heavy (non-hydrogen) atoms. The molecule has 144 valence electrons. The number of benzene rings is 1. The highest BCUT2D eigenvalue weighted by Crippen LogP contribution is 2.18. The molecule has 0 saturated carbocycles. The van der Waals surface area contributed by atoms with Gasteiger partial charge in [-0.2, -0.15) is 0 Å². The molecule has 4 nitrogen and oxygen atoms in total. The van der Waals surface area contributed by atoms with Gasteiger partial charge in [-0.3, -0.25) is 4.79 Å². The smallest absolute Gasteiger partial charge is 0.217 e. The quantitative estimate of drug-likeness (QED) is 0.475. The highest BCUT2D eigenvalue weighted by Gasteiger charge is 2.10. The maximum atomic E-state index is 11.2. The summed E-state index contributed by atoms with van der Waals surface area (Å²) < 4.78 is 2.27. The van der Waals surface area contributed by atoms with Gasteiger partial charge in [0.25, 0.3) is 0 Å². The van der Waals surface area contributed by atoms with Crippen LogP contribution in [0.3, 0.4) is 0 Å². The summed E-state index contributed by atoms with van der Waals surface area (Å²) in [6.07, 6.45) is 13.4. The summed E-state index contributed by atoms with van der Waals surface area (Å²) in [5.74, 6) is 0.944. The van der Waals surface area contributed by atoms with Crippen LogP contribution in [-0.4, -0.2) is 15.5 Å². The summed E-state index contributed by atoms with van der Waals surface area (Å²) in [4.78, 5) is 15.9. The van der Waals surface area contributed by atoms with E-state index in [-0.39, 0.29) is 5.91 Å². The second kappa shape index (κ2) is 11.7. The summed E-state index contributed by atoms with van der Waals surface area (Å²) in [6, 6.07) is 8.24. The number of imidazole rings is 1. The number of hydrogen-bond acceptors (Lipinski definition) is 2. The van der Waals surface area contributed by atoms with Crippen molar-refractivity contribution in [2.75, 3.05) is 0 Å². The van der Waals surface area contributed by atoms with E-state index in [0.29, 0.717) is 6.54 Å². The zero-order chi connectivity index (χ0) is 18.6. The number of amides is 1. The zero-order valence-corrected chi connectivity index (χ0v) is 16.6. The van der Waals surface area contributed by atoms with Crippen LogP contribution in [0, 0.1) is 0 Å². The van der Waals surface area contributed by atoms with E-state index in [1.165, 1.54) is 69.7 Å². The first kappa shape index (κ1) is 20.5. The number of para-hydroxylation sites is 2. The van der Waals surface area contributed by atoms with Crippen molar-refractivity contribution in [2.45, 2.75) is 91.1 Å². The molecule has 1 aromatic carbocycles. The number of carbonyl (C=O) groups excluding carboxylic acids is 1. The molecule has 0 saturated heterocycles. The molecule has 0 aliphatic carbocycles. The van der Waals surface area contributed by atoms with Crippen molar-refractivity contribution in [3.8, 4) is 0 Å². The molecule has 0 unspecified atom stereocenters. The molecule has 4 heteroatoms. The van der Waals surface area contributed by atoms with Crippen molar-refractivity contribution in [3.63, 3.8) is 0 Å². The highest BCUT2D eigenvalue weighted by molar-refractivity contribution is 5.76. The summed E-state index contributed by atoms with van der Waals surface area (Å²) in [5, 5.41) is 2.88. The van der Waals surface area contributed by atoms with Gasteiger partial charge in [0.2, 0.25) is 5.91 Å². The minimum atomic E-state index is -0.0115. The normalized spacial score (nSPS) is 11.2. The van der Waals surface area contributed by atoms with Crippen LogP contribution in [0.15, 0.2) is 24.3 Å². The Labute approximate surface area is 158 Å². The number of aryl methyl sites for hydroxylation is 1. The van der Waals surface area contributed by atoms with E-state index < -0.39 is 0 Å². The van der Waals surface area contributed by atoms with Crippen LogP contribution < -0.4 is 5.32 Å². The summed E-state index contributed by atoms with van der Waals surface area (Å²) in [7, 11) is 0. The molecule has 1 heterocycles. The second-order valence-corrected chi connectivity index (χ2v) is 7.26. The maximum absolute atomic E-state index is 11.2. The Hall–Kier alpha value is -1.84. The van der Waals surface area contributed by atoms with Crippen LogP contribution >= 0.6 is 0 Å². The molecule has 1 N–H and O–H groups in total. The fourth-order valence-corrected chi connectivity index (χ4v) is 3.47. The molecular formula is C22H35N3O. The molecule has 0 radical (unpaired) electrons. The first-order valence-corrected chi connectivity index (χ1v) is 10.4. The average molecular weight is 358 g/mol. The Morgan fingerprint density at radius 3 is 2.23 bits per heavy atom. The Bertz CT molecular complexity index is 662. The Morgan fingerprint density at radius 2 is 1.58 bits per heavy atom. The number of aromatic nitrogens is 2. The van der Waals surface area contributed by atoms with Gasteiger partial charge in [0.15, 0.2) is 0 Å². The maximum Gasteiger partial charge on any atom is 0.217 e. The minimum Gasteiger partial charge on any atom is -0.349 e. The molecule has 1 amide bonds. The third-order valence-corrected chi connectivity index (χ3v) is 4.96. The fourth-order valence-electron chi connectivity index (χ4n) is 3.47. The summed E-state index contributed by atoms with van der Waals surface area (Å²) in [5.41, 5.74) is 2.18. The molecule has 0 atom stereocenters. The van der Waals surface area contributed by atoms with Gasteiger partial charge in [-0.1, -0.05) is 76.8 Å². The van der Waals surface area contributed by atoms with E-state index in [0.717, 1.165) is 17.9 Å². The van der Waals surface area contributed by atoms with E-state index in [4.69, 9.17) is 4.98 Å². The number of rotatable bonds is 13. The van der Waals surface area contributed by atoms with E-state index in [1.807, 2.05) is 12.1 Å². The predicted molar refractivity (Wildman–Crippen MR) is 109 cm³/mol. The summed E-state index contributed by atoms with van der Waals surface area (Å²) >= 11 is 0. The lowest BCUT2D eigenvalue weighted by Gasteiger charge is -2.09. The number of carbonyl (C=O) groups is 1. The number of nitrogens with one attached hydrogen (secondary N) is 1. The third-order valence-electron chi connectivity index (χ3n) is 4.96. The lowest BCUT2D eigenvalue weighted by molar-refractivity contribution is -0.119. The number of fused-ring (bicyclic) bond motifs is 1. The number of hydrogen-bond donors (Lipinski definition) is 1. The van der Waals surface area contributed by atoms with Gasteiger partial charge < -0.3 is 9.88 Å². The molecule has 0 aliphatic rings. The molecular weight excluding hydrogens is 322 g/mol. The van der Waals surface area contributed by atoms with Crippen molar-refractivity contribution >= 4 is 16.9 Å². The van der Waals surface area contributed by atoms with Crippen LogP contribution in [0.5, 0.6) is 0 Å². The molecule has 0 spiro atoms. The molecule has 0 fully saturated rings. The Balaban J connectivity index is 1.75. The van der Waals surface area contributed by atoms with Gasteiger partial charge >= 0.3 is 0 Å². The predicted octanol–water partition coefficient (Wildman–Crippen LogP) is 5.59. The number of nitrogens with zero attached hydrogens (tertiary/aromatic N) is 2. The molecule has 1 aromatic heterocycles. The standard InChI is InChI=1S/C22H35N3O/c1-3-4-5-6-7-8-9-10-11-14-17-25-21-16-13-12-15-20(21)24-22(25)18-23-19(2)26/h12-13,15-16H,3-11,14,17-18H2,1-2H3,(H,23,26). The van der Waals surface area contributed by atoms with Crippen molar-refractivity contribution in [3.05, 3.63) is 30.1 Å². The van der Waals surface area contributed by atoms with Gasteiger partial charge in [-0.15, -0.1) is 0 Å². The van der Waals surface area contributed by atoms with Crippen LogP contribution in [-0.2, 0) is 17.9 Å². The largest absolute Gasteiger partial charge is 0.349 e. The fraction of sp³-hybridized carbons (Fsp3) is 0.636. The summed E-state index contributed by atoms with van der Waals surface area (Å²) in [6.45, 7) is 5.30. The van der Waals surface area contributed by atoms with E-state index in [1.54, 1.807) is 6.92 Å². The Kier molecular flexibility index (Phi) is 9.22.